The van der Waals surface area contributed by atoms with Gasteiger partial charge in [-0.1, -0.05) is 42.1 Å². The number of benzene rings is 2. The Labute approximate surface area is 176 Å². The van der Waals surface area contributed by atoms with Crippen LogP contribution >= 0.6 is 11.8 Å². The van der Waals surface area contributed by atoms with Crippen LogP contribution in [-0.4, -0.2) is 52.8 Å². The lowest BCUT2D eigenvalue weighted by Gasteiger charge is -2.08. The Morgan fingerprint density at radius 3 is 1.97 bits per heavy atom. The average Bonchev–Trinajstić information content (AvgIpc) is 2.75. The van der Waals surface area contributed by atoms with Crippen molar-refractivity contribution in [2.45, 2.75) is 0 Å². The first-order valence-corrected chi connectivity index (χ1v) is 9.72. The van der Waals surface area contributed by atoms with E-state index in [4.69, 9.17) is 5.11 Å². The van der Waals surface area contributed by atoms with Crippen molar-refractivity contribution in [3.05, 3.63) is 65.7 Å². The van der Waals surface area contributed by atoms with Gasteiger partial charge >= 0.3 is 5.97 Å². The molecule has 0 aliphatic rings. The highest BCUT2D eigenvalue weighted by Gasteiger charge is 2.12. The summed E-state index contributed by atoms with van der Waals surface area (Å²) < 4.78 is 0. The van der Waals surface area contributed by atoms with Crippen LogP contribution in [-0.2, 0) is 14.4 Å². The molecule has 0 atom stereocenters. The van der Waals surface area contributed by atoms with E-state index < -0.39 is 23.7 Å². The van der Waals surface area contributed by atoms with E-state index in [2.05, 4.69) is 16.0 Å². The molecule has 4 N–H and O–H groups in total. The molecule has 0 aliphatic carbocycles. The largest absolute Gasteiger partial charge is 0.478 e. The quantitative estimate of drug-likeness (QED) is 0.468. The monoisotopic (exact) mass is 429 g/mol. The molecule has 3 amide bonds. The molecule has 0 saturated heterocycles. The first kappa shape index (κ1) is 22.6. The Morgan fingerprint density at radius 2 is 1.33 bits per heavy atom. The molecule has 0 fully saturated rings. The second-order valence-corrected chi connectivity index (χ2v) is 6.87. The van der Waals surface area contributed by atoms with Crippen molar-refractivity contribution in [3.8, 4) is 0 Å². The second-order valence-electron chi connectivity index (χ2n) is 5.93. The van der Waals surface area contributed by atoms with E-state index in [9.17, 15) is 24.0 Å². The molecule has 0 unspecified atom stereocenters. The van der Waals surface area contributed by atoms with Crippen LogP contribution in [0.3, 0.4) is 0 Å². The fourth-order valence-corrected chi connectivity index (χ4v) is 2.83. The maximum absolute atomic E-state index is 11.9. The molecule has 2 rings (SSSR count). The molecule has 156 valence electrons. The SMILES string of the molecule is O=C(CNC(=O)CSC(=O)c1ccccc1)NCC(=O)Nc1ccc(C(=O)O)cc1. The summed E-state index contributed by atoms with van der Waals surface area (Å²) in [5.41, 5.74) is 0.949. The predicted octanol–water partition coefficient (Wildman–Crippen LogP) is 1.13. The summed E-state index contributed by atoms with van der Waals surface area (Å²) in [5, 5.41) is 15.8. The molecule has 10 heteroatoms. The van der Waals surface area contributed by atoms with Crippen molar-refractivity contribution < 1.29 is 29.1 Å². The van der Waals surface area contributed by atoms with Gasteiger partial charge in [-0.05, 0) is 24.3 Å². The van der Waals surface area contributed by atoms with Gasteiger partial charge in [-0.15, -0.1) is 0 Å². The number of amides is 3. The Hall–Kier alpha value is -3.66. The van der Waals surface area contributed by atoms with Crippen LogP contribution in [0.5, 0.6) is 0 Å². The lowest BCUT2D eigenvalue weighted by atomic mass is 10.2. The number of nitrogens with one attached hydrogen (secondary N) is 3. The van der Waals surface area contributed by atoms with Crippen molar-refractivity contribution in [2.75, 3.05) is 24.2 Å². The van der Waals surface area contributed by atoms with Crippen LogP contribution in [0.25, 0.3) is 0 Å². The van der Waals surface area contributed by atoms with Gasteiger partial charge in [-0.3, -0.25) is 19.2 Å². The number of hydrogen-bond acceptors (Lipinski definition) is 6. The maximum atomic E-state index is 11.9. The van der Waals surface area contributed by atoms with E-state index in [0.29, 0.717) is 11.3 Å². The maximum Gasteiger partial charge on any atom is 0.335 e. The molecule has 2 aromatic rings. The normalized spacial score (nSPS) is 10.0. The summed E-state index contributed by atoms with van der Waals surface area (Å²) in [6.45, 7) is -0.657. The number of anilines is 1. The zero-order valence-corrected chi connectivity index (χ0v) is 16.5. The summed E-state index contributed by atoms with van der Waals surface area (Å²) >= 11 is 0.828. The average molecular weight is 429 g/mol. The Kier molecular flexibility index (Phi) is 8.57. The van der Waals surface area contributed by atoms with Crippen molar-refractivity contribution >= 4 is 46.3 Å². The predicted molar refractivity (Wildman–Crippen MR) is 111 cm³/mol. The molecule has 2 aromatic carbocycles. The fraction of sp³-hybridized carbons (Fsp3) is 0.150. The van der Waals surface area contributed by atoms with Gasteiger partial charge in [0.2, 0.25) is 22.8 Å². The third kappa shape index (κ3) is 7.76. The minimum atomic E-state index is -1.08. The Bertz CT molecular complexity index is 931. The molecule has 30 heavy (non-hydrogen) atoms. The smallest absolute Gasteiger partial charge is 0.335 e. The molecule has 0 aliphatic heterocycles. The van der Waals surface area contributed by atoms with Crippen LogP contribution in [0, 0.1) is 0 Å². The zero-order valence-electron chi connectivity index (χ0n) is 15.7. The number of hydrogen-bond donors (Lipinski definition) is 4. The van der Waals surface area contributed by atoms with E-state index in [1.807, 2.05) is 0 Å². The van der Waals surface area contributed by atoms with E-state index in [-0.39, 0.29) is 29.5 Å². The van der Waals surface area contributed by atoms with Gasteiger partial charge < -0.3 is 21.1 Å². The molecule has 0 radical (unpaired) electrons. The van der Waals surface area contributed by atoms with Gasteiger partial charge in [-0.2, -0.15) is 0 Å². The van der Waals surface area contributed by atoms with E-state index in [0.717, 1.165) is 11.8 Å². The Balaban J connectivity index is 1.64. The van der Waals surface area contributed by atoms with E-state index >= 15 is 0 Å². The summed E-state index contributed by atoms with van der Waals surface area (Å²) in [6, 6.07) is 14.0. The summed E-state index contributed by atoms with van der Waals surface area (Å²) in [5.74, 6) is -2.78. The van der Waals surface area contributed by atoms with E-state index in [1.54, 1.807) is 30.3 Å². The second kappa shape index (κ2) is 11.4. The third-order valence-corrected chi connectivity index (χ3v) is 4.56. The molecule has 0 spiro atoms. The minimum Gasteiger partial charge on any atom is -0.478 e. The number of thioether (sulfide) groups is 1. The summed E-state index contributed by atoms with van der Waals surface area (Å²) in [4.78, 5) is 58.0. The highest BCUT2D eigenvalue weighted by atomic mass is 32.2. The van der Waals surface area contributed by atoms with Crippen LogP contribution in [0.1, 0.15) is 20.7 Å². The van der Waals surface area contributed by atoms with Gasteiger partial charge in [-0.25, -0.2) is 4.79 Å². The van der Waals surface area contributed by atoms with Crippen LogP contribution < -0.4 is 16.0 Å². The number of aromatic carboxylic acids is 1. The molecule has 9 nitrogen and oxygen atoms in total. The molecular formula is C20H19N3O6S. The molecule has 0 saturated carbocycles. The van der Waals surface area contributed by atoms with Crippen LogP contribution in [0.4, 0.5) is 5.69 Å². The lowest BCUT2D eigenvalue weighted by molar-refractivity contribution is -0.126. The standard InChI is InChI=1S/C20H19N3O6S/c24-16(10-22-18(26)12-30-20(29)14-4-2-1-3-5-14)21-11-17(25)23-15-8-6-13(7-9-15)19(27)28/h1-9H,10-12H2,(H,21,24)(H,22,26)(H,23,25)(H,27,28). The molecule has 0 bridgehead atoms. The van der Waals surface area contributed by atoms with Gasteiger partial charge in [0.1, 0.15) is 0 Å². The molecular weight excluding hydrogens is 410 g/mol. The number of rotatable bonds is 9. The molecule has 0 aromatic heterocycles. The van der Waals surface area contributed by atoms with Crippen molar-refractivity contribution in [2.24, 2.45) is 0 Å². The zero-order chi connectivity index (χ0) is 21.9. The number of carboxylic acids is 1. The summed E-state index contributed by atoms with van der Waals surface area (Å²) in [7, 11) is 0. The Morgan fingerprint density at radius 1 is 0.733 bits per heavy atom. The van der Waals surface area contributed by atoms with Gasteiger partial charge in [0.05, 0.1) is 24.4 Å². The highest BCUT2D eigenvalue weighted by Crippen LogP contribution is 2.11. The van der Waals surface area contributed by atoms with Gasteiger partial charge in [0, 0.05) is 11.3 Å². The van der Waals surface area contributed by atoms with Crippen molar-refractivity contribution in [1.82, 2.24) is 10.6 Å². The van der Waals surface area contributed by atoms with Gasteiger partial charge in [0.15, 0.2) is 0 Å². The van der Waals surface area contributed by atoms with Crippen molar-refractivity contribution in [1.29, 1.82) is 0 Å². The lowest BCUT2D eigenvalue weighted by Crippen LogP contribution is -2.40. The number of carbonyl (C=O) groups excluding carboxylic acids is 4. The first-order chi connectivity index (χ1) is 14.3. The molecule has 0 heterocycles. The van der Waals surface area contributed by atoms with Crippen molar-refractivity contribution in [3.63, 3.8) is 0 Å². The van der Waals surface area contributed by atoms with Gasteiger partial charge in [0.25, 0.3) is 0 Å². The fourth-order valence-electron chi connectivity index (χ4n) is 2.16. The van der Waals surface area contributed by atoms with Crippen LogP contribution in [0.15, 0.2) is 54.6 Å². The number of carboxylic acid groups (broad SMARTS) is 1. The topological polar surface area (TPSA) is 142 Å². The highest BCUT2D eigenvalue weighted by molar-refractivity contribution is 8.14. The third-order valence-electron chi connectivity index (χ3n) is 3.65. The number of carbonyl (C=O) groups is 5. The van der Waals surface area contributed by atoms with Crippen LogP contribution in [0.2, 0.25) is 0 Å². The first-order valence-electron chi connectivity index (χ1n) is 8.74. The summed E-state index contributed by atoms with van der Waals surface area (Å²) in [6.07, 6.45) is 0. The minimum absolute atomic E-state index is 0.0840. The van der Waals surface area contributed by atoms with E-state index in [1.165, 1.54) is 24.3 Å².